The van der Waals surface area contributed by atoms with Crippen molar-refractivity contribution in [2.75, 3.05) is 19.4 Å². The van der Waals surface area contributed by atoms with Crippen molar-refractivity contribution < 1.29 is 8.78 Å². The average molecular weight is 471 g/mol. The number of rotatable bonds is 7. The van der Waals surface area contributed by atoms with Crippen molar-refractivity contribution in [3.05, 3.63) is 102 Å². The lowest BCUT2D eigenvalue weighted by Crippen LogP contribution is -2.10. The number of fused-ring (bicyclic) bond motifs is 1. The Morgan fingerprint density at radius 3 is 2.49 bits per heavy atom. The molecule has 6 nitrogen and oxygen atoms in total. The van der Waals surface area contributed by atoms with Gasteiger partial charge in [-0.25, -0.2) is 23.7 Å². The van der Waals surface area contributed by atoms with Gasteiger partial charge in [0.15, 0.2) is 0 Å². The summed E-state index contributed by atoms with van der Waals surface area (Å²) >= 11 is 0. The Morgan fingerprint density at radius 1 is 0.886 bits per heavy atom. The van der Waals surface area contributed by atoms with Crippen LogP contribution >= 0.6 is 0 Å². The minimum Gasteiger partial charge on any atom is -0.350 e. The number of benzene rings is 2. The summed E-state index contributed by atoms with van der Waals surface area (Å²) in [5.41, 5.74) is 5.60. The number of hydrogen-bond donors (Lipinski definition) is 1. The Labute approximate surface area is 201 Å². The van der Waals surface area contributed by atoms with E-state index < -0.39 is 0 Å². The topological polar surface area (TPSA) is 58.4 Å². The average Bonchev–Trinajstić information content (AvgIpc) is 3.22. The van der Waals surface area contributed by atoms with Crippen LogP contribution in [-0.4, -0.2) is 38.3 Å². The zero-order chi connectivity index (χ0) is 24.4. The van der Waals surface area contributed by atoms with Gasteiger partial charge in [0.1, 0.15) is 17.3 Å². The van der Waals surface area contributed by atoms with E-state index in [-0.39, 0.29) is 11.6 Å². The number of halogens is 2. The Bertz CT molecular complexity index is 1480. The first-order valence-electron chi connectivity index (χ1n) is 11.2. The highest BCUT2D eigenvalue weighted by atomic mass is 19.1. The normalized spacial score (nSPS) is 11.3. The standard InChI is InChI=1S/C27H24F2N6/c1-34(2)17-19-11-13-35-24(15-19)33-25(20-6-8-21(28)9-7-20)26(35)23-10-12-30-27(32-23)31-16-18-4-3-5-22(29)14-18/h3-15H,16-17H2,1-2H3,(H,30,31,32). The van der Waals surface area contributed by atoms with Crippen LogP contribution in [0.3, 0.4) is 0 Å². The van der Waals surface area contributed by atoms with Gasteiger partial charge in [0.25, 0.3) is 0 Å². The maximum absolute atomic E-state index is 13.6. The fraction of sp³-hybridized carbons (Fsp3) is 0.148. The predicted octanol–water partition coefficient (Wildman–Crippen LogP) is 5.41. The van der Waals surface area contributed by atoms with Gasteiger partial charge in [-0.2, -0.15) is 0 Å². The molecule has 1 N–H and O–H groups in total. The predicted molar refractivity (Wildman–Crippen MR) is 133 cm³/mol. The Morgan fingerprint density at radius 2 is 1.71 bits per heavy atom. The minimum absolute atomic E-state index is 0.290. The lowest BCUT2D eigenvalue weighted by molar-refractivity contribution is 0.402. The molecule has 0 atom stereocenters. The first kappa shape index (κ1) is 22.6. The third-order valence-corrected chi connectivity index (χ3v) is 5.54. The zero-order valence-electron chi connectivity index (χ0n) is 19.4. The van der Waals surface area contributed by atoms with Crippen molar-refractivity contribution in [1.29, 1.82) is 0 Å². The van der Waals surface area contributed by atoms with E-state index in [0.29, 0.717) is 23.9 Å². The van der Waals surface area contributed by atoms with E-state index >= 15 is 0 Å². The van der Waals surface area contributed by atoms with Gasteiger partial charge in [-0.05, 0) is 79.8 Å². The van der Waals surface area contributed by atoms with E-state index in [9.17, 15) is 8.78 Å². The number of aromatic nitrogens is 4. The molecule has 0 bridgehead atoms. The van der Waals surface area contributed by atoms with Gasteiger partial charge in [0.05, 0.1) is 17.1 Å². The molecule has 0 amide bonds. The molecule has 0 fully saturated rings. The minimum atomic E-state index is -0.307. The van der Waals surface area contributed by atoms with Crippen molar-refractivity contribution >= 4 is 11.6 Å². The fourth-order valence-corrected chi connectivity index (χ4v) is 4.01. The molecule has 0 aliphatic rings. The van der Waals surface area contributed by atoms with Crippen LogP contribution < -0.4 is 5.32 Å². The van der Waals surface area contributed by atoms with E-state index in [1.165, 1.54) is 24.3 Å². The third-order valence-electron chi connectivity index (χ3n) is 5.54. The zero-order valence-corrected chi connectivity index (χ0v) is 19.4. The van der Waals surface area contributed by atoms with Gasteiger partial charge < -0.3 is 10.2 Å². The second kappa shape index (κ2) is 9.60. The summed E-state index contributed by atoms with van der Waals surface area (Å²) in [7, 11) is 4.04. The monoisotopic (exact) mass is 470 g/mol. The van der Waals surface area contributed by atoms with Crippen molar-refractivity contribution in [2.45, 2.75) is 13.1 Å². The molecule has 5 aromatic rings. The van der Waals surface area contributed by atoms with Crippen LogP contribution in [-0.2, 0) is 13.1 Å². The van der Waals surface area contributed by atoms with Crippen LogP contribution in [0.4, 0.5) is 14.7 Å². The molecule has 0 radical (unpaired) electrons. The summed E-state index contributed by atoms with van der Waals surface area (Å²) in [5, 5.41) is 3.16. The van der Waals surface area contributed by atoms with Crippen LogP contribution in [0.2, 0.25) is 0 Å². The lowest BCUT2D eigenvalue weighted by Gasteiger charge is -2.11. The molecule has 0 saturated carbocycles. The molecule has 5 rings (SSSR count). The van der Waals surface area contributed by atoms with Gasteiger partial charge >= 0.3 is 0 Å². The molecule has 0 saturated heterocycles. The molecular formula is C27H24F2N6. The third kappa shape index (κ3) is 5.02. The highest BCUT2D eigenvalue weighted by Gasteiger charge is 2.18. The van der Waals surface area contributed by atoms with Crippen LogP contribution in [0.1, 0.15) is 11.1 Å². The van der Waals surface area contributed by atoms with E-state index in [4.69, 9.17) is 9.97 Å². The molecular weight excluding hydrogens is 446 g/mol. The van der Waals surface area contributed by atoms with Crippen molar-refractivity contribution in [1.82, 2.24) is 24.3 Å². The van der Waals surface area contributed by atoms with Gasteiger partial charge in [-0.15, -0.1) is 0 Å². The molecule has 0 aliphatic heterocycles. The summed E-state index contributed by atoms with van der Waals surface area (Å²) in [5.74, 6) is -0.184. The molecule has 35 heavy (non-hydrogen) atoms. The van der Waals surface area contributed by atoms with Gasteiger partial charge in [0.2, 0.25) is 5.95 Å². The van der Waals surface area contributed by atoms with Crippen molar-refractivity contribution in [2.24, 2.45) is 0 Å². The number of pyridine rings is 1. The van der Waals surface area contributed by atoms with Crippen molar-refractivity contribution in [3.8, 4) is 22.6 Å². The first-order chi connectivity index (χ1) is 17.0. The molecule has 0 spiro atoms. The maximum Gasteiger partial charge on any atom is 0.223 e. The molecule has 0 aliphatic carbocycles. The van der Waals surface area contributed by atoms with Crippen LogP contribution in [0.25, 0.3) is 28.3 Å². The van der Waals surface area contributed by atoms with E-state index in [1.54, 1.807) is 24.4 Å². The van der Waals surface area contributed by atoms with E-state index in [0.717, 1.165) is 34.6 Å². The molecule has 3 heterocycles. The number of hydrogen-bond acceptors (Lipinski definition) is 5. The second-order valence-corrected chi connectivity index (χ2v) is 8.57. The Balaban J connectivity index is 1.57. The SMILES string of the molecule is CN(C)Cc1ccn2c(-c3ccnc(NCc4cccc(F)c4)n3)c(-c3ccc(F)cc3)nc2c1. The van der Waals surface area contributed by atoms with Crippen LogP contribution in [0, 0.1) is 11.6 Å². The van der Waals surface area contributed by atoms with E-state index in [1.807, 2.05) is 42.9 Å². The van der Waals surface area contributed by atoms with Crippen LogP contribution in [0.15, 0.2) is 79.1 Å². The summed E-state index contributed by atoms with van der Waals surface area (Å²) in [4.78, 5) is 16.0. The maximum atomic E-state index is 13.6. The summed E-state index contributed by atoms with van der Waals surface area (Å²) in [6.07, 6.45) is 3.65. The van der Waals surface area contributed by atoms with Gasteiger partial charge in [-0.3, -0.25) is 4.40 Å². The summed E-state index contributed by atoms with van der Waals surface area (Å²) in [6.45, 7) is 1.17. The molecule has 176 valence electrons. The van der Waals surface area contributed by atoms with Gasteiger partial charge in [-0.1, -0.05) is 12.1 Å². The molecule has 8 heteroatoms. The quantitative estimate of drug-likeness (QED) is 0.345. The Hall–Kier alpha value is -4.17. The molecule has 3 aromatic heterocycles. The second-order valence-electron chi connectivity index (χ2n) is 8.57. The summed E-state index contributed by atoms with van der Waals surface area (Å²) < 4.78 is 29.1. The number of imidazole rings is 1. The van der Waals surface area contributed by atoms with E-state index in [2.05, 4.69) is 21.3 Å². The number of anilines is 1. The lowest BCUT2D eigenvalue weighted by atomic mass is 10.1. The highest BCUT2D eigenvalue weighted by molar-refractivity contribution is 5.80. The summed E-state index contributed by atoms with van der Waals surface area (Å²) in [6, 6.07) is 18.6. The largest absolute Gasteiger partial charge is 0.350 e. The van der Waals surface area contributed by atoms with Crippen molar-refractivity contribution in [3.63, 3.8) is 0 Å². The van der Waals surface area contributed by atoms with Crippen LogP contribution in [0.5, 0.6) is 0 Å². The fourth-order valence-electron chi connectivity index (χ4n) is 4.01. The van der Waals surface area contributed by atoms with Gasteiger partial charge in [0, 0.05) is 31.0 Å². The number of nitrogens with zero attached hydrogens (tertiary/aromatic N) is 5. The smallest absolute Gasteiger partial charge is 0.223 e. The first-order valence-corrected chi connectivity index (χ1v) is 11.2. The molecule has 2 aromatic carbocycles. The number of nitrogens with one attached hydrogen (secondary N) is 1. The highest BCUT2D eigenvalue weighted by Crippen LogP contribution is 2.32. The molecule has 0 unspecified atom stereocenters. The Kier molecular flexibility index (Phi) is 6.20.